The summed E-state index contributed by atoms with van der Waals surface area (Å²) in [6.45, 7) is 8.58. The summed E-state index contributed by atoms with van der Waals surface area (Å²) < 4.78 is 0. The number of likely N-dealkylation sites (N-methyl/N-ethyl adjacent to an activating group) is 1. The number of benzene rings is 1. The smallest absolute Gasteiger partial charge is 0.0366 e. The van der Waals surface area contributed by atoms with Crippen molar-refractivity contribution in [1.29, 1.82) is 0 Å². The van der Waals surface area contributed by atoms with Crippen molar-refractivity contribution in [3.8, 4) is 0 Å². The van der Waals surface area contributed by atoms with E-state index in [0.717, 1.165) is 6.54 Å². The van der Waals surface area contributed by atoms with Crippen LogP contribution in [0.2, 0.25) is 0 Å². The zero-order valence-corrected chi connectivity index (χ0v) is 8.83. The molecular weight excluding hydrogens is 158 g/mol. The number of para-hydroxylation sites is 1. The normalized spacial score (nSPS) is 8.23. The molecule has 0 unspecified atom stereocenters. The van der Waals surface area contributed by atoms with Crippen molar-refractivity contribution in [2.75, 3.05) is 18.5 Å². The standard InChI is InChI=1S/C10H13N.C2H6/c1-3-9-11(2)10-7-5-4-6-8-10;1-2/h3-8H,1,9H2,2H3;1-2H3. The third-order valence-electron chi connectivity index (χ3n) is 1.60. The van der Waals surface area contributed by atoms with Gasteiger partial charge in [-0.05, 0) is 12.1 Å². The van der Waals surface area contributed by atoms with E-state index < -0.39 is 0 Å². The van der Waals surface area contributed by atoms with Gasteiger partial charge in [-0.3, -0.25) is 0 Å². The van der Waals surface area contributed by atoms with Crippen LogP contribution in [0.25, 0.3) is 0 Å². The Hall–Kier alpha value is -1.24. The minimum atomic E-state index is 0.893. The summed E-state index contributed by atoms with van der Waals surface area (Å²) in [5.74, 6) is 0. The quantitative estimate of drug-likeness (QED) is 0.640. The van der Waals surface area contributed by atoms with Gasteiger partial charge >= 0.3 is 0 Å². The lowest BCUT2D eigenvalue weighted by Gasteiger charge is -2.16. The monoisotopic (exact) mass is 177 g/mol. The molecule has 0 N–H and O–H groups in total. The first-order chi connectivity index (χ1) is 6.34. The second-order valence-electron chi connectivity index (χ2n) is 2.50. The fourth-order valence-corrected chi connectivity index (χ4v) is 0.982. The van der Waals surface area contributed by atoms with Gasteiger partial charge in [-0.2, -0.15) is 0 Å². The first kappa shape index (κ1) is 11.8. The third kappa shape index (κ3) is 4.36. The van der Waals surface area contributed by atoms with E-state index in [1.54, 1.807) is 0 Å². The number of anilines is 1. The fraction of sp³-hybridized carbons (Fsp3) is 0.333. The van der Waals surface area contributed by atoms with Crippen LogP contribution >= 0.6 is 0 Å². The lowest BCUT2D eigenvalue weighted by Crippen LogP contribution is -2.15. The van der Waals surface area contributed by atoms with Crippen LogP contribution in [0.3, 0.4) is 0 Å². The van der Waals surface area contributed by atoms with Gasteiger partial charge in [0, 0.05) is 19.3 Å². The summed E-state index contributed by atoms with van der Waals surface area (Å²) in [6, 6.07) is 10.3. The van der Waals surface area contributed by atoms with Crippen molar-refractivity contribution in [2.45, 2.75) is 13.8 Å². The number of hydrogen-bond acceptors (Lipinski definition) is 1. The van der Waals surface area contributed by atoms with E-state index in [-0.39, 0.29) is 0 Å². The topological polar surface area (TPSA) is 3.24 Å². The summed E-state index contributed by atoms with van der Waals surface area (Å²) >= 11 is 0. The van der Waals surface area contributed by atoms with Crippen LogP contribution in [0.4, 0.5) is 5.69 Å². The predicted molar refractivity (Wildman–Crippen MR) is 61.3 cm³/mol. The van der Waals surface area contributed by atoms with Crippen molar-refractivity contribution < 1.29 is 0 Å². The molecule has 0 heterocycles. The Kier molecular flexibility index (Phi) is 6.70. The van der Waals surface area contributed by atoms with Crippen molar-refractivity contribution >= 4 is 5.69 Å². The van der Waals surface area contributed by atoms with Crippen LogP contribution in [0.15, 0.2) is 43.0 Å². The SMILES string of the molecule is C=CCN(C)c1ccccc1.CC. The van der Waals surface area contributed by atoms with E-state index >= 15 is 0 Å². The molecule has 0 radical (unpaired) electrons. The molecule has 0 atom stereocenters. The Balaban J connectivity index is 0.000000671. The van der Waals surface area contributed by atoms with Gasteiger partial charge in [-0.15, -0.1) is 6.58 Å². The molecule has 0 aliphatic heterocycles. The molecule has 1 aromatic rings. The predicted octanol–water partition coefficient (Wildman–Crippen LogP) is 3.34. The highest BCUT2D eigenvalue weighted by molar-refractivity contribution is 5.45. The van der Waals surface area contributed by atoms with Crippen molar-refractivity contribution in [3.63, 3.8) is 0 Å². The van der Waals surface area contributed by atoms with Crippen LogP contribution in [0.1, 0.15) is 13.8 Å². The molecule has 0 amide bonds. The van der Waals surface area contributed by atoms with E-state index in [0.29, 0.717) is 0 Å². The molecule has 1 nitrogen and oxygen atoms in total. The molecule has 0 saturated heterocycles. The highest BCUT2D eigenvalue weighted by atomic mass is 15.1. The summed E-state index contributed by atoms with van der Waals surface area (Å²) in [4.78, 5) is 2.15. The van der Waals surface area contributed by atoms with E-state index in [1.807, 2.05) is 38.1 Å². The molecule has 1 rings (SSSR count). The van der Waals surface area contributed by atoms with Crippen LogP contribution in [-0.2, 0) is 0 Å². The maximum absolute atomic E-state index is 3.68. The van der Waals surface area contributed by atoms with E-state index in [4.69, 9.17) is 0 Å². The maximum Gasteiger partial charge on any atom is 0.0366 e. The molecule has 1 aromatic carbocycles. The lowest BCUT2D eigenvalue weighted by molar-refractivity contribution is 1.03. The minimum absolute atomic E-state index is 0.893. The number of hydrogen-bond donors (Lipinski definition) is 0. The summed E-state index contributed by atoms with van der Waals surface area (Å²) in [5.41, 5.74) is 1.23. The van der Waals surface area contributed by atoms with Gasteiger partial charge in [-0.1, -0.05) is 38.1 Å². The van der Waals surface area contributed by atoms with E-state index in [2.05, 4.69) is 30.7 Å². The molecule has 0 fully saturated rings. The van der Waals surface area contributed by atoms with E-state index in [1.165, 1.54) is 5.69 Å². The minimum Gasteiger partial charge on any atom is -0.371 e. The van der Waals surface area contributed by atoms with Crippen molar-refractivity contribution in [1.82, 2.24) is 0 Å². The fourth-order valence-electron chi connectivity index (χ4n) is 0.982. The zero-order chi connectivity index (χ0) is 10.1. The van der Waals surface area contributed by atoms with Crippen LogP contribution < -0.4 is 4.90 Å². The highest BCUT2D eigenvalue weighted by Gasteiger charge is 1.93. The Morgan fingerprint density at radius 1 is 1.23 bits per heavy atom. The summed E-state index contributed by atoms with van der Waals surface area (Å²) in [6.07, 6.45) is 1.90. The molecule has 72 valence electrons. The Morgan fingerprint density at radius 3 is 2.23 bits per heavy atom. The highest BCUT2D eigenvalue weighted by Crippen LogP contribution is 2.09. The van der Waals surface area contributed by atoms with Crippen LogP contribution in [0.5, 0.6) is 0 Å². The summed E-state index contributed by atoms with van der Waals surface area (Å²) in [5, 5.41) is 0. The molecule has 0 aromatic heterocycles. The largest absolute Gasteiger partial charge is 0.371 e. The first-order valence-electron chi connectivity index (χ1n) is 4.71. The van der Waals surface area contributed by atoms with Gasteiger partial charge in [0.2, 0.25) is 0 Å². The lowest BCUT2D eigenvalue weighted by atomic mass is 10.3. The molecular formula is C12H19N. The van der Waals surface area contributed by atoms with Gasteiger partial charge in [0.1, 0.15) is 0 Å². The molecule has 1 heteroatoms. The Labute approximate surface area is 81.7 Å². The second kappa shape index (κ2) is 7.41. The molecule has 13 heavy (non-hydrogen) atoms. The molecule has 0 bridgehead atoms. The Morgan fingerprint density at radius 2 is 1.77 bits per heavy atom. The average molecular weight is 177 g/mol. The van der Waals surface area contributed by atoms with Gasteiger partial charge < -0.3 is 4.90 Å². The van der Waals surface area contributed by atoms with E-state index in [9.17, 15) is 0 Å². The molecule has 0 aliphatic carbocycles. The zero-order valence-electron chi connectivity index (χ0n) is 8.83. The Bertz CT molecular complexity index is 216. The third-order valence-corrected chi connectivity index (χ3v) is 1.60. The first-order valence-corrected chi connectivity index (χ1v) is 4.71. The summed E-state index contributed by atoms with van der Waals surface area (Å²) in [7, 11) is 2.05. The van der Waals surface area contributed by atoms with Gasteiger partial charge in [0.05, 0.1) is 0 Å². The number of nitrogens with zero attached hydrogens (tertiary/aromatic N) is 1. The number of rotatable bonds is 3. The van der Waals surface area contributed by atoms with Crippen molar-refractivity contribution in [3.05, 3.63) is 43.0 Å². The molecule has 0 aliphatic rings. The van der Waals surface area contributed by atoms with Gasteiger partial charge in [0.15, 0.2) is 0 Å². The maximum atomic E-state index is 3.68. The van der Waals surface area contributed by atoms with Crippen LogP contribution in [0, 0.1) is 0 Å². The van der Waals surface area contributed by atoms with Crippen molar-refractivity contribution in [2.24, 2.45) is 0 Å². The van der Waals surface area contributed by atoms with Gasteiger partial charge in [-0.25, -0.2) is 0 Å². The molecule has 0 saturated carbocycles. The van der Waals surface area contributed by atoms with Gasteiger partial charge in [0.25, 0.3) is 0 Å². The second-order valence-corrected chi connectivity index (χ2v) is 2.50. The average Bonchev–Trinajstić information content (AvgIpc) is 2.23. The van der Waals surface area contributed by atoms with Crippen LogP contribution in [-0.4, -0.2) is 13.6 Å². The molecule has 0 spiro atoms.